The molecule has 0 fully saturated rings. The van der Waals surface area contributed by atoms with E-state index in [0.29, 0.717) is 5.76 Å². The zero-order chi connectivity index (χ0) is 16.7. The van der Waals surface area contributed by atoms with Crippen LogP contribution in [0.5, 0.6) is 0 Å². The minimum atomic E-state index is -0.872. The van der Waals surface area contributed by atoms with E-state index >= 15 is 0 Å². The second-order valence-electron chi connectivity index (χ2n) is 5.11. The lowest BCUT2D eigenvalue weighted by molar-refractivity contribution is 0.0977. The number of nitrogens with two attached hydrogens (primary N) is 1. The Bertz CT molecular complexity index is 920. The van der Waals surface area contributed by atoms with Crippen molar-refractivity contribution in [1.82, 2.24) is 0 Å². The molecule has 2 heterocycles. The predicted molar refractivity (Wildman–Crippen MR) is 80.8 cm³/mol. The predicted octanol–water partition coefficient (Wildman–Crippen LogP) is 3.13. The van der Waals surface area contributed by atoms with Gasteiger partial charge in [0.2, 0.25) is 5.76 Å². The van der Waals surface area contributed by atoms with Gasteiger partial charge in [0.15, 0.2) is 5.76 Å². The van der Waals surface area contributed by atoms with E-state index in [-0.39, 0.29) is 28.2 Å². The fourth-order valence-electron chi connectivity index (χ4n) is 2.23. The Morgan fingerprint density at radius 3 is 2.52 bits per heavy atom. The molecule has 0 aliphatic carbocycles. The maximum absolute atomic E-state index is 13.5. The van der Waals surface area contributed by atoms with Crippen molar-refractivity contribution in [1.29, 1.82) is 0 Å². The van der Waals surface area contributed by atoms with Crippen molar-refractivity contribution in [3.8, 4) is 0 Å². The van der Waals surface area contributed by atoms with Gasteiger partial charge in [-0.15, -0.1) is 0 Å². The van der Waals surface area contributed by atoms with E-state index in [1.54, 1.807) is 19.9 Å². The van der Waals surface area contributed by atoms with Gasteiger partial charge >= 0.3 is 0 Å². The highest BCUT2D eigenvalue weighted by molar-refractivity contribution is 6.13. The number of nitrogens with one attached hydrogen (secondary N) is 1. The van der Waals surface area contributed by atoms with Crippen molar-refractivity contribution in [2.45, 2.75) is 13.8 Å². The Hall–Kier alpha value is -3.09. The van der Waals surface area contributed by atoms with Gasteiger partial charge in [-0.3, -0.25) is 9.59 Å². The first-order valence-corrected chi connectivity index (χ1v) is 6.77. The van der Waals surface area contributed by atoms with Crippen LogP contribution in [-0.2, 0) is 0 Å². The van der Waals surface area contributed by atoms with Gasteiger partial charge in [0.1, 0.15) is 22.8 Å². The van der Waals surface area contributed by atoms with Gasteiger partial charge < -0.3 is 19.9 Å². The first kappa shape index (κ1) is 14.8. The third-order valence-corrected chi connectivity index (χ3v) is 3.50. The Morgan fingerprint density at radius 2 is 1.91 bits per heavy atom. The van der Waals surface area contributed by atoms with E-state index in [1.165, 1.54) is 12.1 Å². The number of aryl methyl sites for hydroxylation is 2. The summed E-state index contributed by atoms with van der Waals surface area (Å²) < 4.78 is 24.1. The Kier molecular flexibility index (Phi) is 3.40. The highest BCUT2D eigenvalue weighted by atomic mass is 19.1. The van der Waals surface area contributed by atoms with Crippen molar-refractivity contribution in [3.05, 3.63) is 52.9 Å². The molecule has 118 valence electrons. The number of benzene rings is 1. The number of rotatable bonds is 3. The molecule has 7 heteroatoms. The number of anilines is 1. The number of fused-ring (bicyclic) bond motifs is 1. The van der Waals surface area contributed by atoms with Crippen LogP contribution < -0.4 is 11.1 Å². The van der Waals surface area contributed by atoms with Crippen LogP contribution in [0.2, 0.25) is 0 Å². The van der Waals surface area contributed by atoms with Gasteiger partial charge in [-0.1, -0.05) is 0 Å². The third-order valence-electron chi connectivity index (χ3n) is 3.50. The Labute approximate surface area is 130 Å². The summed E-state index contributed by atoms with van der Waals surface area (Å²) in [6.07, 6.45) is 0. The van der Waals surface area contributed by atoms with E-state index in [1.807, 2.05) is 0 Å². The summed E-state index contributed by atoms with van der Waals surface area (Å²) in [6, 6.07) is 5.26. The van der Waals surface area contributed by atoms with E-state index in [4.69, 9.17) is 14.6 Å². The number of hydrogen-bond donors (Lipinski definition) is 2. The Morgan fingerprint density at radius 1 is 1.17 bits per heavy atom. The molecule has 3 N–H and O–H groups in total. The van der Waals surface area contributed by atoms with Crippen LogP contribution in [0.3, 0.4) is 0 Å². The lowest BCUT2D eigenvalue weighted by Crippen LogP contribution is -2.16. The molecule has 0 saturated heterocycles. The van der Waals surface area contributed by atoms with Gasteiger partial charge in [-0.25, -0.2) is 4.39 Å². The number of amides is 2. The molecule has 0 unspecified atom stereocenters. The molecule has 0 spiro atoms. The van der Waals surface area contributed by atoms with Crippen molar-refractivity contribution >= 4 is 28.5 Å². The maximum atomic E-state index is 13.5. The van der Waals surface area contributed by atoms with E-state index < -0.39 is 17.6 Å². The number of furan rings is 2. The lowest BCUT2D eigenvalue weighted by Gasteiger charge is -2.02. The van der Waals surface area contributed by atoms with E-state index in [2.05, 4.69) is 5.32 Å². The van der Waals surface area contributed by atoms with Gasteiger partial charge in [0.25, 0.3) is 11.8 Å². The molecule has 2 amide bonds. The van der Waals surface area contributed by atoms with E-state index in [9.17, 15) is 14.0 Å². The summed E-state index contributed by atoms with van der Waals surface area (Å²) >= 11 is 0. The fourth-order valence-corrected chi connectivity index (χ4v) is 2.23. The molecule has 0 aliphatic heterocycles. The molecule has 2 aromatic heterocycles. The topological polar surface area (TPSA) is 98.5 Å². The summed E-state index contributed by atoms with van der Waals surface area (Å²) in [6.45, 7) is 3.52. The molecular weight excluding hydrogens is 303 g/mol. The molecule has 3 aromatic rings. The first-order chi connectivity index (χ1) is 10.9. The van der Waals surface area contributed by atoms with Crippen LogP contribution >= 0.6 is 0 Å². The molecule has 23 heavy (non-hydrogen) atoms. The highest BCUT2D eigenvalue weighted by Gasteiger charge is 2.22. The number of hydrogen-bond acceptors (Lipinski definition) is 4. The van der Waals surface area contributed by atoms with Gasteiger partial charge in [0, 0.05) is 5.39 Å². The minimum Gasteiger partial charge on any atom is -0.456 e. The number of primary amides is 1. The molecule has 3 rings (SSSR count). The molecule has 0 aliphatic rings. The van der Waals surface area contributed by atoms with Crippen LogP contribution in [0.1, 0.15) is 32.4 Å². The molecular formula is C16H13FN2O4. The van der Waals surface area contributed by atoms with Crippen LogP contribution in [0.25, 0.3) is 11.0 Å². The molecule has 1 aromatic carbocycles. The second-order valence-corrected chi connectivity index (χ2v) is 5.11. The van der Waals surface area contributed by atoms with Crippen molar-refractivity contribution in [2.75, 3.05) is 5.32 Å². The number of carbonyl (C=O) groups excluding carboxylic acids is 2. The number of halogens is 1. The average Bonchev–Trinajstić information content (AvgIpc) is 3.01. The van der Waals surface area contributed by atoms with Gasteiger partial charge in [0.05, 0.1) is 0 Å². The lowest BCUT2D eigenvalue weighted by atomic mass is 10.2. The van der Waals surface area contributed by atoms with Crippen molar-refractivity contribution in [3.63, 3.8) is 0 Å². The van der Waals surface area contributed by atoms with Gasteiger partial charge in [-0.05, 0) is 43.7 Å². The van der Waals surface area contributed by atoms with Crippen molar-refractivity contribution in [2.24, 2.45) is 5.73 Å². The molecule has 6 nitrogen and oxygen atoms in total. The quantitative estimate of drug-likeness (QED) is 0.775. The monoisotopic (exact) mass is 316 g/mol. The van der Waals surface area contributed by atoms with Gasteiger partial charge in [-0.2, -0.15) is 0 Å². The SMILES string of the molecule is Cc1cc(C(=O)Nc2c(C(N)=O)oc3ccc(F)cc23)oc1C. The largest absolute Gasteiger partial charge is 0.456 e. The summed E-state index contributed by atoms with van der Waals surface area (Å²) in [5, 5.41) is 2.75. The minimum absolute atomic E-state index is 0.0173. The number of carbonyl (C=O) groups is 2. The van der Waals surface area contributed by atoms with Crippen LogP contribution in [0, 0.1) is 19.7 Å². The first-order valence-electron chi connectivity index (χ1n) is 6.77. The van der Waals surface area contributed by atoms with Crippen LogP contribution in [0.15, 0.2) is 33.1 Å². The second kappa shape index (κ2) is 5.28. The summed E-state index contributed by atoms with van der Waals surface area (Å²) in [5.74, 6) is -1.57. The van der Waals surface area contributed by atoms with E-state index in [0.717, 1.165) is 11.6 Å². The molecule has 0 saturated carbocycles. The zero-order valence-electron chi connectivity index (χ0n) is 12.4. The van der Waals surface area contributed by atoms with Crippen LogP contribution in [0.4, 0.5) is 10.1 Å². The molecule has 0 radical (unpaired) electrons. The third kappa shape index (κ3) is 2.57. The Balaban J connectivity index is 2.07. The highest BCUT2D eigenvalue weighted by Crippen LogP contribution is 2.32. The summed E-state index contributed by atoms with van der Waals surface area (Å²) in [4.78, 5) is 23.8. The summed E-state index contributed by atoms with van der Waals surface area (Å²) in [5.41, 5.74) is 6.33. The molecule has 0 atom stereocenters. The smallest absolute Gasteiger partial charge is 0.291 e. The van der Waals surface area contributed by atoms with Crippen LogP contribution in [-0.4, -0.2) is 11.8 Å². The fraction of sp³-hybridized carbons (Fsp3) is 0.125. The zero-order valence-corrected chi connectivity index (χ0v) is 12.4. The average molecular weight is 316 g/mol. The summed E-state index contributed by atoms with van der Waals surface area (Å²) in [7, 11) is 0. The standard InChI is InChI=1S/C16H13FN2O4/c1-7-5-12(22-8(7)2)16(21)19-13-10-6-9(17)3-4-11(10)23-14(13)15(18)20/h3-6H,1-2H3,(H2,18,20)(H,19,21). The molecule has 0 bridgehead atoms. The normalized spacial score (nSPS) is 10.9. The van der Waals surface area contributed by atoms with Crippen molar-refractivity contribution < 1.29 is 22.8 Å². The maximum Gasteiger partial charge on any atom is 0.291 e.